The average molecular weight is 268 g/mol. The fraction of sp³-hybridized carbons (Fsp3) is 0.182. The van der Waals surface area contributed by atoms with Crippen LogP contribution in [0, 0.1) is 21.7 Å². The topological polar surface area (TPSA) is 73.0 Å². The van der Waals surface area contributed by atoms with E-state index < -0.39 is 22.2 Å². The molecule has 1 N–H and O–H groups in total. The number of anilines is 1. The Kier molecular flexibility index (Phi) is 3.41. The maximum atomic E-state index is 13.5. The van der Waals surface area contributed by atoms with E-state index in [2.05, 4.69) is 10.4 Å². The summed E-state index contributed by atoms with van der Waals surface area (Å²) in [6.07, 6.45) is 1.69. The molecule has 0 unspecified atom stereocenters. The lowest BCUT2D eigenvalue weighted by Gasteiger charge is -2.05. The Balaban J connectivity index is 2.20. The van der Waals surface area contributed by atoms with Gasteiger partial charge in [-0.2, -0.15) is 9.49 Å². The first kappa shape index (κ1) is 12.9. The first-order chi connectivity index (χ1) is 8.97. The van der Waals surface area contributed by atoms with Gasteiger partial charge in [-0.1, -0.05) is 0 Å². The van der Waals surface area contributed by atoms with E-state index in [1.807, 2.05) is 0 Å². The molecule has 0 fully saturated rings. The Labute approximate surface area is 106 Å². The average Bonchev–Trinajstić information content (AvgIpc) is 2.73. The molecular formula is C11H10F2N4O2. The molecule has 0 radical (unpaired) electrons. The smallest absolute Gasteiger partial charge is 0.305 e. The molecule has 1 aromatic heterocycles. The monoisotopic (exact) mass is 268 g/mol. The third kappa shape index (κ3) is 2.84. The van der Waals surface area contributed by atoms with E-state index >= 15 is 0 Å². The van der Waals surface area contributed by atoms with Crippen molar-refractivity contribution in [3.8, 4) is 0 Å². The molecule has 100 valence electrons. The second-order valence-electron chi connectivity index (χ2n) is 3.88. The number of nitrogens with zero attached hydrogens (tertiary/aromatic N) is 3. The van der Waals surface area contributed by atoms with Crippen molar-refractivity contribution in [2.45, 2.75) is 6.54 Å². The second kappa shape index (κ2) is 5.01. The van der Waals surface area contributed by atoms with Crippen molar-refractivity contribution < 1.29 is 13.7 Å². The normalized spacial score (nSPS) is 10.5. The molecule has 0 aliphatic rings. The zero-order valence-corrected chi connectivity index (χ0v) is 9.93. The van der Waals surface area contributed by atoms with Gasteiger partial charge in [-0.3, -0.25) is 14.8 Å². The van der Waals surface area contributed by atoms with Crippen molar-refractivity contribution in [3.05, 3.63) is 51.7 Å². The maximum absolute atomic E-state index is 13.5. The highest BCUT2D eigenvalue weighted by atomic mass is 19.1. The van der Waals surface area contributed by atoms with Crippen LogP contribution in [-0.2, 0) is 13.6 Å². The van der Waals surface area contributed by atoms with Gasteiger partial charge in [0.1, 0.15) is 11.6 Å². The number of benzene rings is 1. The summed E-state index contributed by atoms with van der Waals surface area (Å²) in [6, 6.07) is 3.05. The van der Waals surface area contributed by atoms with Gasteiger partial charge in [0.25, 0.3) is 0 Å². The molecule has 2 aromatic rings. The largest absolute Gasteiger partial charge is 0.364 e. The lowest BCUT2D eigenvalue weighted by atomic mass is 10.2. The Morgan fingerprint density at radius 2 is 2.16 bits per heavy atom. The van der Waals surface area contributed by atoms with Crippen LogP contribution in [-0.4, -0.2) is 14.7 Å². The van der Waals surface area contributed by atoms with Crippen molar-refractivity contribution in [1.29, 1.82) is 0 Å². The maximum Gasteiger partial charge on any atom is 0.305 e. The van der Waals surface area contributed by atoms with Gasteiger partial charge in [0, 0.05) is 43.6 Å². The third-order valence-electron chi connectivity index (χ3n) is 2.49. The number of rotatable bonds is 4. The van der Waals surface area contributed by atoms with Crippen LogP contribution in [0.1, 0.15) is 5.56 Å². The van der Waals surface area contributed by atoms with Gasteiger partial charge in [0.15, 0.2) is 0 Å². The number of halogens is 2. The van der Waals surface area contributed by atoms with Crippen LogP contribution in [0.5, 0.6) is 0 Å². The highest BCUT2D eigenvalue weighted by molar-refractivity contribution is 5.40. The molecule has 1 aromatic carbocycles. The molecule has 6 nitrogen and oxygen atoms in total. The summed E-state index contributed by atoms with van der Waals surface area (Å²) < 4.78 is 28.2. The van der Waals surface area contributed by atoms with E-state index in [1.54, 1.807) is 24.0 Å². The molecule has 2 rings (SSSR count). The number of nitrogens with one attached hydrogen (secondary N) is 1. The zero-order chi connectivity index (χ0) is 14.0. The van der Waals surface area contributed by atoms with Crippen molar-refractivity contribution in [3.63, 3.8) is 0 Å². The van der Waals surface area contributed by atoms with Crippen LogP contribution in [0.15, 0.2) is 24.4 Å². The summed E-state index contributed by atoms with van der Waals surface area (Å²) in [4.78, 5) is 9.68. The summed E-state index contributed by atoms with van der Waals surface area (Å²) in [5.41, 5.74) is -0.752. The molecule has 8 heteroatoms. The summed E-state index contributed by atoms with van der Waals surface area (Å²) in [6.45, 7) is -0.0238. The van der Waals surface area contributed by atoms with E-state index in [1.165, 1.54) is 0 Å². The minimum Gasteiger partial charge on any atom is -0.364 e. The standard InChI is InChI=1S/C11H10F2N4O2/c1-16-3-2-11(15-16)14-6-7-4-10(17(18)19)9(13)5-8(7)12/h2-5H,6H2,1H3,(H,14,15). The van der Waals surface area contributed by atoms with Crippen LogP contribution in [0.25, 0.3) is 0 Å². The van der Waals surface area contributed by atoms with Gasteiger partial charge in [-0.15, -0.1) is 0 Å². The minimum absolute atomic E-state index is 0.00115. The second-order valence-corrected chi connectivity index (χ2v) is 3.88. The summed E-state index contributed by atoms with van der Waals surface area (Å²) in [5, 5.41) is 17.4. The van der Waals surface area contributed by atoms with Crippen molar-refractivity contribution in [2.75, 3.05) is 5.32 Å². The molecule has 19 heavy (non-hydrogen) atoms. The van der Waals surface area contributed by atoms with Gasteiger partial charge >= 0.3 is 5.69 Å². The molecule has 0 aliphatic heterocycles. The molecular weight excluding hydrogens is 258 g/mol. The highest BCUT2D eigenvalue weighted by Crippen LogP contribution is 2.22. The van der Waals surface area contributed by atoms with Crippen LogP contribution in [0.2, 0.25) is 0 Å². The molecule has 0 atom stereocenters. The molecule has 0 spiro atoms. The van der Waals surface area contributed by atoms with Crippen LogP contribution < -0.4 is 5.32 Å². The lowest BCUT2D eigenvalue weighted by molar-refractivity contribution is -0.387. The minimum atomic E-state index is -1.19. The Hall–Kier alpha value is -2.51. The first-order valence-corrected chi connectivity index (χ1v) is 5.33. The van der Waals surface area contributed by atoms with Crippen LogP contribution in [0.4, 0.5) is 20.3 Å². The predicted octanol–water partition coefficient (Wildman–Crippen LogP) is 2.22. The van der Waals surface area contributed by atoms with Crippen LogP contribution in [0.3, 0.4) is 0 Å². The molecule has 1 heterocycles. The highest BCUT2D eigenvalue weighted by Gasteiger charge is 2.18. The molecule has 0 saturated heterocycles. The van der Waals surface area contributed by atoms with E-state index in [-0.39, 0.29) is 12.1 Å². The number of nitro benzene ring substituents is 1. The number of nitro groups is 1. The Morgan fingerprint density at radius 1 is 1.42 bits per heavy atom. The van der Waals surface area contributed by atoms with Crippen LogP contribution >= 0.6 is 0 Å². The third-order valence-corrected chi connectivity index (χ3v) is 2.49. The SMILES string of the molecule is Cn1ccc(NCc2cc([N+](=O)[O-])c(F)cc2F)n1. The molecule has 0 saturated carbocycles. The molecule has 0 aliphatic carbocycles. The summed E-state index contributed by atoms with van der Waals surface area (Å²) in [7, 11) is 1.72. The zero-order valence-electron chi connectivity index (χ0n) is 9.93. The number of aromatic nitrogens is 2. The summed E-state index contributed by atoms with van der Waals surface area (Å²) in [5.74, 6) is -1.54. The van der Waals surface area contributed by atoms with Gasteiger partial charge in [0.2, 0.25) is 5.82 Å². The lowest BCUT2D eigenvalue weighted by Crippen LogP contribution is -2.05. The van der Waals surface area contributed by atoms with Gasteiger partial charge in [-0.25, -0.2) is 4.39 Å². The fourth-order valence-electron chi connectivity index (χ4n) is 1.55. The van der Waals surface area contributed by atoms with Gasteiger partial charge in [-0.05, 0) is 0 Å². The molecule has 0 bridgehead atoms. The van der Waals surface area contributed by atoms with E-state index in [0.717, 1.165) is 6.07 Å². The van der Waals surface area contributed by atoms with Crippen molar-refractivity contribution in [1.82, 2.24) is 9.78 Å². The Bertz CT molecular complexity index is 627. The first-order valence-electron chi connectivity index (χ1n) is 5.33. The van der Waals surface area contributed by atoms with Crippen molar-refractivity contribution in [2.24, 2.45) is 7.05 Å². The Morgan fingerprint density at radius 3 is 2.74 bits per heavy atom. The molecule has 0 amide bonds. The summed E-state index contributed by atoms with van der Waals surface area (Å²) >= 11 is 0. The number of hydrogen-bond acceptors (Lipinski definition) is 4. The van der Waals surface area contributed by atoms with Gasteiger partial charge < -0.3 is 5.32 Å². The van der Waals surface area contributed by atoms with E-state index in [9.17, 15) is 18.9 Å². The van der Waals surface area contributed by atoms with Gasteiger partial charge in [0.05, 0.1) is 4.92 Å². The van der Waals surface area contributed by atoms with E-state index in [0.29, 0.717) is 11.9 Å². The predicted molar refractivity (Wildman–Crippen MR) is 63.5 cm³/mol. The number of hydrogen-bond donors (Lipinski definition) is 1. The van der Waals surface area contributed by atoms with E-state index in [4.69, 9.17) is 0 Å². The fourth-order valence-corrected chi connectivity index (χ4v) is 1.55. The number of aryl methyl sites for hydroxylation is 1. The van der Waals surface area contributed by atoms with Crippen molar-refractivity contribution >= 4 is 11.5 Å². The quantitative estimate of drug-likeness (QED) is 0.681.